The molecule has 0 atom stereocenters. The van der Waals surface area contributed by atoms with E-state index < -0.39 is 12.6 Å². The summed E-state index contributed by atoms with van der Waals surface area (Å²) in [4.78, 5) is 2.27. The number of nitrogens with zero attached hydrogens (tertiary/aromatic N) is 1. The van der Waals surface area contributed by atoms with Gasteiger partial charge >= 0.3 is 6.18 Å². The molecule has 102 valence electrons. The van der Waals surface area contributed by atoms with Gasteiger partial charge in [-0.25, -0.2) is 0 Å². The monoisotopic (exact) mass is 251 g/mol. The maximum atomic E-state index is 12.1. The zero-order chi connectivity index (χ0) is 12.9. The zero-order valence-electron chi connectivity index (χ0n) is 10.9. The van der Waals surface area contributed by atoms with E-state index in [0.717, 1.165) is 12.8 Å². The van der Waals surface area contributed by atoms with E-state index in [4.69, 9.17) is 0 Å². The lowest BCUT2D eigenvalue weighted by Gasteiger charge is -2.37. The van der Waals surface area contributed by atoms with Gasteiger partial charge in [-0.3, -0.25) is 4.90 Å². The van der Waals surface area contributed by atoms with Crippen molar-refractivity contribution in [3.63, 3.8) is 0 Å². The van der Waals surface area contributed by atoms with Crippen LogP contribution < -0.4 is 0 Å². The summed E-state index contributed by atoms with van der Waals surface area (Å²) in [7, 11) is 0. The quantitative estimate of drug-likeness (QED) is 0.701. The van der Waals surface area contributed by atoms with Crippen LogP contribution in [0.3, 0.4) is 0 Å². The van der Waals surface area contributed by atoms with Crippen molar-refractivity contribution >= 4 is 0 Å². The molecule has 0 aromatic heterocycles. The fraction of sp³-hybridized carbons (Fsp3) is 1.00. The van der Waals surface area contributed by atoms with Gasteiger partial charge < -0.3 is 0 Å². The largest absolute Gasteiger partial charge is 0.389 e. The van der Waals surface area contributed by atoms with E-state index in [1.54, 1.807) is 0 Å². The van der Waals surface area contributed by atoms with Crippen molar-refractivity contribution in [2.24, 2.45) is 0 Å². The third-order valence-electron chi connectivity index (χ3n) is 3.58. The predicted molar refractivity (Wildman–Crippen MR) is 64.0 cm³/mol. The summed E-state index contributed by atoms with van der Waals surface area (Å²) in [5, 5.41) is 0. The summed E-state index contributed by atoms with van der Waals surface area (Å²) >= 11 is 0. The van der Waals surface area contributed by atoms with Crippen molar-refractivity contribution in [2.45, 2.75) is 77.1 Å². The molecule has 0 unspecified atom stereocenters. The van der Waals surface area contributed by atoms with Crippen LogP contribution in [0.15, 0.2) is 0 Å². The SMILES string of the molecule is CC(C)N(CCCC(F)(F)F)C1CCCCC1. The highest BCUT2D eigenvalue weighted by Crippen LogP contribution is 2.26. The lowest BCUT2D eigenvalue weighted by Crippen LogP contribution is -2.42. The Labute approximate surface area is 102 Å². The molecule has 1 saturated carbocycles. The Morgan fingerprint density at radius 1 is 1.12 bits per heavy atom. The van der Waals surface area contributed by atoms with Gasteiger partial charge in [-0.05, 0) is 39.7 Å². The number of hydrogen-bond donors (Lipinski definition) is 0. The van der Waals surface area contributed by atoms with Gasteiger partial charge in [0.15, 0.2) is 0 Å². The molecule has 0 amide bonds. The summed E-state index contributed by atoms with van der Waals surface area (Å²) in [6.45, 7) is 4.76. The van der Waals surface area contributed by atoms with Gasteiger partial charge in [-0.1, -0.05) is 19.3 Å². The van der Waals surface area contributed by atoms with Gasteiger partial charge in [-0.15, -0.1) is 0 Å². The lowest BCUT2D eigenvalue weighted by atomic mass is 9.93. The first kappa shape index (κ1) is 14.8. The van der Waals surface area contributed by atoms with Gasteiger partial charge in [-0.2, -0.15) is 13.2 Å². The van der Waals surface area contributed by atoms with Gasteiger partial charge in [0.05, 0.1) is 0 Å². The highest BCUT2D eigenvalue weighted by Gasteiger charge is 2.28. The average molecular weight is 251 g/mol. The van der Waals surface area contributed by atoms with Crippen LogP contribution in [0.25, 0.3) is 0 Å². The first-order chi connectivity index (χ1) is 7.90. The Balaban J connectivity index is 2.37. The average Bonchev–Trinajstić information content (AvgIpc) is 2.23. The summed E-state index contributed by atoms with van der Waals surface area (Å²) in [5.41, 5.74) is 0. The maximum Gasteiger partial charge on any atom is 0.389 e. The molecule has 4 heteroatoms. The van der Waals surface area contributed by atoms with E-state index in [1.165, 1.54) is 19.3 Å². The first-order valence-electron chi connectivity index (χ1n) is 6.72. The number of rotatable bonds is 5. The van der Waals surface area contributed by atoms with Crippen LogP contribution in [-0.2, 0) is 0 Å². The Kier molecular flexibility index (Phi) is 5.77. The van der Waals surface area contributed by atoms with Crippen LogP contribution in [0.2, 0.25) is 0 Å². The summed E-state index contributed by atoms with van der Waals surface area (Å²) < 4.78 is 36.4. The molecule has 0 radical (unpaired) electrons. The molecule has 17 heavy (non-hydrogen) atoms. The highest BCUT2D eigenvalue weighted by atomic mass is 19.4. The van der Waals surface area contributed by atoms with Crippen molar-refractivity contribution in [3.05, 3.63) is 0 Å². The minimum atomic E-state index is -4.00. The second kappa shape index (κ2) is 6.62. The van der Waals surface area contributed by atoms with Crippen LogP contribution in [0.5, 0.6) is 0 Å². The van der Waals surface area contributed by atoms with Gasteiger partial charge in [0.25, 0.3) is 0 Å². The molecule has 0 bridgehead atoms. The lowest BCUT2D eigenvalue weighted by molar-refractivity contribution is -0.136. The smallest absolute Gasteiger partial charge is 0.298 e. The molecule has 0 aromatic rings. The van der Waals surface area contributed by atoms with Gasteiger partial charge in [0.2, 0.25) is 0 Å². The van der Waals surface area contributed by atoms with Crippen LogP contribution >= 0.6 is 0 Å². The second-order valence-corrected chi connectivity index (χ2v) is 5.34. The molecule has 1 fully saturated rings. The molecule has 1 aliphatic carbocycles. The van der Waals surface area contributed by atoms with Crippen LogP contribution in [-0.4, -0.2) is 29.7 Å². The van der Waals surface area contributed by atoms with Crippen molar-refractivity contribution in [3.8, 4) is 0 Å². The fourth-order valence-electron chi connectivity index (χ4n) is 2.74. The summed E-state index contributed by atoms with van der Waals surface area (Å²) in [5.74, 6) is 0. The third kappa shape index (κ3) is 5.75. The number of halogens is 3. The normalized spacial score (nSPS) is 19.2. The zero-order valence-corrected chi connectivity index (χ0v) is 10.9. The van der Waals surface area contributed by atoms with Gasteiger partial charge in [0.1, 0.15) is 0 Å². The molecular formula is C13H24F3N. The Morgan fingerprint density at radius 3 is 2.18 bits per heavy atom. The van der Waals surface area contributed by atoms with E-state index in [2.05, 4.69) is 18.7 Å². The Morgan fingerprint density at radius 2 is 1.71 bits per heavy atom. The summed E-state index contributed by atoms with van der Waals surface area (Å²) in [6.07, 6.45) is 1.63. The first-order valence-corrected chi connectivity index (χ1v) is 6.72. The number of alkyl halides is 3. The van der Waals surface area contributed by atoms with Crippen molar-refractivity contribution in [1.82, 2.24) is 4.90 Å². The van der Waals surface area contributed by atoms with Crippen molar-refractivity contribution in [2.75, 3.05) is 6.54 Å². The molecule has 1 rings (SSSR count). The molecule has 0 heterocycles. The Bertz CT molecular complexity index is 207. The van der Waals surface area contributed by atoms with E-state index in [0.29, 0.717) is 18.6 Å². The standard InChI is InChI=1S/C13H24F3N/c1-11(2)17(10-6-9-13(14,15)16)12-7-4-3-5-8-12/h11-12H,3-10H2,1-2H3. The molecular weight excluding hydrogens is 227 g/mol. The molecule has 0 saturated heterocycles. The van der Waals surface area contributed by atoms with Crippen LogP contribution in [0, 0.1) is 0 Å². The maximum absolute atomic E-state index is 12.1. The topological polar surface area (TPSA) is 3.24 Å². The fourth-order valence-corrected chi connectivity index (χ4v) is 2.74. The van der Waals surface area contributed by atoms with Crippen LogP contribution in [0.1, 0.15) is 58.8 Å². The predicted octanol–water partition coefficient (Wildman–Crippen LogP) is 4.37. The minimum absolute atomic E-state index is 0.234. The highest BCUT2D eigenvalue weighted by molar-refractivity contribution is 4.78. The number of hydrogen-bond acceptors (Lipinski definition) is 1. The minimum Gasteiger partial charge on any atom is -0.298 e. The molecule has 1 aliphatic rings. The Hall–Kier alpha value is -0.250. The molecule has 0 aromatic carbocycles. The molecule has 0 spiro atoms. The van der Waals surface area contributed by atoms with Crippen LogP contribution in [0.4, 0.5) is 13.2 Å². The summed E-state index contributed by atoms with van der Waals surface area (Å²) in [6, 6.07) is 0.864. The van der Waals surface area contributed by atoms with E-state index in [-0.39, 0.29) is 6.42 Å². The van der Waals surface area contributed by atoms with Gasteiger partial charge in [0, 0.05) is 18.5 Å². The van der Waals surface area contributed by atoms with Crippen molar-refractivity contribution < 1.29 is 13.2 Å². The molecule has 0 aliphatic heterocycles. The van der Waals surface area contributed by atoms with E-state index >= 15 is 0 Å². The van der Waals surface area contributed by atoms with E-state index in [9.17, 15) is 13.2 Å². The molecule has 1 nitrogen and oxygen atoms in total. The van der Waals surface area contributed by atoms with Crippen molar-refractivity contribution in [1.29, 1.82) is 0 Å². The second-order valence-electron chi connectivity index (χ2n) is 5.34. The van der Waals surface area contributed by atoms with E-state index in [1.807, 2.05) is 0 Å². The third-order valence-corrected chi connectivity index (χ3v) is 3.58. The molecule has 0 N–H and O–H groups in total.